The molecule has 1 fully saturated rings. The van der Waals surface area contributed by atoms with Crippen LogP contribution < -0.4 is 0 Å². The van der Waals surface area contributed by atoms with Crippen LogP contribution in [0.2, 0.25) is 0 Å². The number of phenolic OH excluding ortho intramolecular Hbond substituents is 2. The zero-order chi connectivity index (χ0) is 15.6. The minimum absolute atomic E-state index is 0.114. The molecule has 8 heteroatoms. The topological polar surface area (TPSA) is 115 Å². The molecule has 110 valence electrons. The van der Waals surface area contributed by atoms with Gasteiger partial charge in [-0.2, -0.15) is 0 Å². The number of rotatable bonds is 4. The molecule has 0 saturated carbocycles. The van der Waals surface area contributed by atoms with E-state index in [0.29, 0.717) is 22.2 Å². The molecule has 1 aliphatic rings. The number of aliphatic carboxylic acids is 1. The number of aromatic hydroxyl groups is 2. The van der Waals surface area contributed by atoms with E-state index in [-0.39, 0.29) is 22.8 Å². The molecule has 0 spiro atoms. The Morgan fingerprint density at radius 3 is 2.38 bits per heavy atom. The molecular formula is C13H11NO6S. The minimum atomic E-state index is -1.27. The van der Waals surface area contributed by atoms with E-state index in [0.717, 1.165) is 0 Å². The van der Waals surface area contributed by atoms with Crippen molar-refractivity contribution in [2.24, 2.45) is 0 Å². The number of carboxylic acid groups (broad SMARTS) is 1. The van der Waals surface area contributed by atoms with Crippen molar-refractivity contribution < 1.29 is 29.7 Å². The maximum absolute atomic E-state index is 11.9. The van der Waals surface area contributed by atoms with Gasteiger partial charge in [0.2, 0.25) is 0 Å². The van der Waals surface area contributed by atoms with Crippen LogP contribution in [0.1, 0.15) is 5.56 Å². The zero-order valence-corrected chi connectivity index (χ0v) is 11.5. The monoisotopic (exact) mass is 309 g/mol. The van der Waals surface area contributed by atoms with E-state index >= 15 is 0 Å². The Labute approximate surface area is 123 Å². The van der Waals surface area contributed by atoms with E-state index < -0.39 is 23.7 Å². The summed E-state index contributed by atoms with van der Waals surface area (Å²) in [5, 5.41) is 26.7. The highest BCUT2D eigenvalue weighted by molar-refractivity contribution is 8.18. The van der Waals surface area contributed by atoms with Crippen LogP contribution in [0.5, 0.6) is 11.5 Å². The van der Waals surface area contributed by atoms with Gasteiger partial charge in [0.25, 0.3) is 11.1 Å². The van der Waals surface area contributed by atoms with E-state index in [1.807, 2.05) is 0 Å². The second-order valence-corrected chi connectivity index (χ2v) is 5.28. The number of nitrogens with zero attached hydrogens (tertiary/aromatic N) is 1. The molecule has 7 nitrogen and oxygen atoms in total. The number of carbonyl (C=O) groups is 3. The Hall–Kier alpha value is -2.48. The number of thioether (sulfide) groups is 1. The summed E-state index contributed by atoms with van der Waals surface area (Å²) in [6.07, 6.45) is 1.67. The van der Waals surface area contributed by atoms with Crippen LogP contribution in [-0.2, 0) is 16.0 Å². The maximum atomic E-state index is 11.9. The quantitative estimate of drug-likeness (QED) is 0.718. The van der Waals surface area contributed by atoms with Crippen molar-refractivity contribution >= 4 is 28.9 Å². The molecule has 0 unspecified atom stereocenters. The third-order valence-corrected chi connectivity index (χ3v) is 3.61. The van der Waals surface area contributed by atoms with Gasteiger partial charge in [-0.25, -0.2) is 0 Å². The van der Waals surface area contributed by atoms with Crippen LogP contribution in [0.4, 0.5) is 4.79 Å². The number of imide groups is 1. The smallest absolute Gasteiger partial charge is 0.323 e. The number of hydrogen-bond acceptors (Lipinski definition) is 6. The lowest BCUT2D eigenvalue weighted by Crippen LogP contribution is -2.33. The summed E-state index contributed by atoms with van der Waals surface area (Å²) in [5.74, 6) is -2.15. The third kappa shape index (κ3) is 3.54. The third-order valence-electron chi connectivity index (χ3n) is 2.65. The lowest BCUT2D eigenvalue weighted by molar-refractivity contribution is -0.140. The Bertz CT molecular complexity index is 634. The van der Waals surface area contributed by atoms with Gasteiger partial charge >= 0.3 is 5.97 Å². The van der Waals surface area contributed by atoms with Gasteiger partial charge in [-0.1, -0.05) is 6.08 Å². The van der Waals surface area contributed by atoms with Crippen molar-refractivity contribution in [1.29, 1.82) is 0 Å². The summed E-state index contributed by atoms with van der Waals surface area (Å²) in [7, 11) is 0. The molecule has 1 aliphatic heterocycles. The first-order valence-electron chi connectivity index (χ1n) is 5.84. The highest BCUT2D eigenvalue weighted by atomic mass is 32.2. The van der Waals surface area contributed by atoms with E-state index in [4.69, 9.17) is 5.11 Å². The first-order chi connectivity index (χ1) is 9.86. The average Bonchev–Trinajstić information content (AvgIpc) is 2.62. The van der Waals surface area contributed by atoms with E-state index in [2.05, 4.69) is 0 Å². The number of carboxylic acids is 1. The van der Waals surface area contributed by atoms with Crippen molar-refractivity contribution in [3.8, 4) is 11.5 Å². The molecule has 2 rings (SSSR count). The Morgan fingerprint density at radius 1 is 1.19 bits per heavy atom. The molecule has 1 aromatic carbocycles. The molecule has 1 heterocycles. The first-order valence-corrected chi connectivity index (χ1v) is 6.66. The van der Waals surface area contributed by atoms with Crippen molar-refractivity contribution in [2.45, 2.75) is 6.42 Å². The molecule has 0 radical (unpaired) electrons. The maximum Gasteiger partial charge on any atom is 0.323 e. The van der Waals surface area contributed by atoms with Crippen LogP contribution in [0, 0.1) is 0 Å². The second-order valence-electron chi connectivity index (χ2n) is 4.28. The van der Waals surface area contributed by atoms with Gasteiger partial charge in [-0.3, -0.25) is 19.3 Å². The lowest BCUT2D eigenvalue weighted by atomic mass is 10.1. The molecular weight excluding hydrogens is 298 g/mol. The SMILES string of the molecule is O=C(O)CN1C(=O)SC(=CCc2cc(O)cc(O)c2)C1=O. The molecule has 2 amide bonds. The van der Waals surface area contributed by atoms with Crippen molar-refractivity contribution in [1.82, 2.24) is 4.90 Å². The van der Waals surface area contributed by atoms with Crippen molar-refractivity contribution in [3.05, 3.63) is 34.7 Å². The van der Waals surface area contributed by atoms with Crippen molar-refractivity contribution in [2.75, 3.05) is 6.54 Å². The predicted molar refractivity (Wildman–Crippen MR) is 73.9 cm³/mol. The fraction of sp³-hybridized carbons (Fsp3) is 0.154. The molecule has 0 aliphatic carbocycles. The van der Waals surface area contributed by atoms with E-state index in [1.165, 1.54) is 24.3 Å². The molecule has 0 bridgehead atoms. The molecule has 21 heavy (non-hydrogen) atoms. The minimum Gasteiger partial charge on any atom is -0.508 e. The fourth-order valence-corrected chi connectivity index (χ4v) is 2.60. The van der Waals surface area contributed by atoms with Gasteiger partial charge in [0, 0.05) is 6.07 Å². The predicted octanol–water partition coefficient (Wildman–Crippen LogP) is 1.30. The van der Waals surface area contributed by atoms with E-state index in [1.54, 1.807) is 0 Å². The summed E-state index contributed by atoms with van der Waals surface area (Å²) in [4.78, 5) is 34.8. The number of allylic oxidation sites excluding steroid dienone is 1. The van der Waals surface area contributed by atoms with E-state index in [9.17, 15) is 24.6 Å². The van der Waals surface area contributed by atoms with Crippen LogP contribution in [-0.4, -0.2) is 43.9 Å². The summed E-state index contributed by atoms with van der Waals surface area (Å²) in [5.41, 5.74) is 0.553. The summed E-state index contributed by atoms with van der Waals surface area (Å²) in [6.45, 7) is -0.672. The molecule has 0 aromatic heterocycles. The first kappa shape index (κ1) is 14.9. The zero-order valence-electron chi connectivity index (χ0n) is 10.6. The molecule has 1 saturated heterocycles. The highest BCUT2D eigenvalue weighted by Gasteiger charge is 2.35. The van der Waals surface area contributed by atoms with Gasteiger partial charge in [0.15, 0.2) is 0 Å². The van der Waals surface area contributed by atoms with Crippen LogP contribution >= 0.6 is 11.8 Å². The Balaban J connectivity index is 2.13. The van der Waals surface area contributed by atoms with Gasteiger partial charge < -0.3 is 15.3 Å². The summed E-state index contributed by atoms with van der Waals surface area (Å²) >= 11 is 0.662. The summed E-state index contributed by atoms with van der Waals surface area (Å²) in [6, 6.07) is 4.00. The van der Waals surface area contributed by atoms with Crippen LogP contribution in [0.3, 0.4) is 0 Å². The number of phenols is 2. The van der Waals surface area contributed by atoms with Crippen LogP contribution in [0.15, 0.2) is 29.2 Å². The standard InChI is InChI=1S/C13H11NO6S/c15-8-3-7(4-9(16)5-8)1-2-10-12(19)14(6-11(17)18)13(20)21-10/h2-5,15-16H,1,6H2,(H,17,18). The molecule has 0 atom stereocenters. The number of benzene rings is 1. The van der Waals surface area contributed by atoms with Gasteiger partial charge in [0.05, 0.1) is 4.91 Å². The van der Waals surface area contributed by atoms with Crippen LogP contribution in [0.25, 0.3) is 0 Å². The lowest BCUT2D eigenvalue weighted by Gasteiger charge is -2.07. The molecule has 3 N–H and O–H groups in total. The normalized spacial score (nSPS) is 16.8. The van der Waals surface area contributed by atoms with Gasteiger partial charge in [-0.05, 0) is 35.9 Å². The second kappa shape index (κ2) is 5.88. The van der Waals surface area contributed by atoms with Gasteiger partial charge in [0.1, 0.15) is 18.0 Å². The molecule has 1 aromatic rings. The largest absolute Gasteiger partial charge is 0.508 e. The number of hydrogen-bond donors (Lipinski definition) is 3. The Morgan fingerprint density at radius 2 is 1.81 bits per heavy atom. The van der Waals surface area contributed by atoms with Gasteiger partial charge in [-0.15, -0.1) is 0 Å². The van der Waals surface area contributed by atoms with Crippen molar-refractivity contribution in [3.63, 3.8) is 0 Å². The number of carbonyl (C=O) groups excluding carboxylic acids is 2. The Kier molecular flexibility index (Phi) is 4.18. The summed E-state index contributed by atoms with van der Waals surface area (Å²) < 4.78 is 0. The average molecular weight is 309 g/mol. The number of amides is 2. The fourth-order valence-electron chi connectivity index (χ4n) is 1.79. The highest BCUT2D eigenvalue weighted by Crippen LogP contribution is 2.31.